The van der Waals surface area contributed by atoms with Crippen LogP contribution in [0.3, 0.4) is 0 Å². The second-order valence-electron chi connectivity index (χ2n) is 4.38. The fourth-order valence-corrected chi connectivity index (χ4v) is 2.70. The van der Waals surface area contributed by atoms with Crippen molar-refractivity contribution in [3.8, 4) is 0 Å². The van der Waals surface area contributed by atoms with Gasteiger partial charge in [-0.3, -0.25) is 24.6 Å². The van der Waals surface area contributed by atoms with E-state index < -0.39 is 10.8 Å². The lowest BCUT2D eigenvalue weighted by Crippen LogP contribution is -2.27. The lowest BCUT2D eigenvalue weighted by molar-refractivity contribution is -0.385. The minimum Gasteiger partial charge on any atom is -0.268 e. The first-order valence-electron chi connectivity index (χ1n) is 6.05. The highest BCUT2D eigenvalue weighted by atomic mass is 32.2. The molecule has 108 valence electrons. The molecule has 0 bridgehead atoms. The lowest BCUT2D eigenvalue weighted by atomic mass is 10.1. The van der Waals surface area contributed by atoms with E-state index in [2.05, 4.69) is 6.58 Å². The number of aryl methyl sites for hydroxylation is 1. The van der Waals surface area contributed by atoms with Crippen LogP contribution in [-0.4, -0.2) is 27.5 Å². The SMILES string of the molecule is C=CCN1C(=O)S/C(=C/c2ccc(C)c([N+](=O)[O-])c2)C1=O. The Morgan fingerprint density at radius 3 is 2.76 bits per heavy atom. The summed E-state index contributed by atoms with van der Waals surface area (Å²) in [5.41, 5.74) is 1.03. The molecule has 0 radical (unpaired) electrons. The standard InChI is InChI=1S/C14H12N2O4S/c1-3-6-15-13(17)12(21-14(15)18)8-10-5-4-9(2)11(7-10)16(19)20/h3-5,7-8H,1,6H2,2H3/b12-8+. The van der Waals surface area contributed by atoms with Crippen LogP contribution in [0.15, 0.2) is 35.8 Å². The molecule has 7 heteroatoms. The van der Waals surface area contributed by atoms with Gasteiger partial charge in [0.2, 0.25) is 0 Å². The number of thioether (sulfide) groups is 1. The van der Waals surface area contributed by atoms with Gasteiger partial charge in [-0.1, -0.05) is 18.2 Å². The second-order valence-corrected chi connectivity index (χ2v) is 5.38. The van der Waals surface area contributed by atoms with Crippen molar-refractivity contribution in [2.24, 2.45) is 0 Å². The van der Waals surface area contributed by atoms with Crippen LogP contribution in [0.4, 0.5) is 10.5 Å². The van der Waals surface area contributed by atoms with Crippen molar-refractivity contribution in [3.05, 3.63) is 57.0 Å². The van der Waals surface area contributed by atoms with Gasteiger partial charge in [0, 0.05) is 18.2 Å². The van der Waals surface area contributed by atoms with Crippen LogP contribution in [0.25, 0.3) is 6.08 Å². The van der Waals surface area contributed by atoms with E-state index in [0.29, 0.717) is 11.1 Å². The normalized spacial score (nSPS) is 16.6. The number of amides is 2. The van der Waals surface area contributed by atoms with E-state index in [-0.39, 0.29) is 22.4 Å². The quantitative estimate of drug-likeness (QED) is 0.369. The molecule has 0 N–H and O–H groups in total. The molecule has 1 aromatic carbocycles. The summed E-state index contributed by atoms with van der Waals surface area (Å²) in [7, 11) is 0. The van der Waals surface area contributed by atoms with E-state index in [1.54, 1.807) is 19.1 Å². The molecule has 1 fully saturated rings. The molecule has 6 nitrogen and oxygen atoms in total. The maximum Gasteiger partial charge on any atom is 0.293 e. The Labute approximate surface area is 125 Å². The molecule has 0 saturated carbocycles. The third kappa shape index (κ3) is 3.03. The maximum absolute atomic E-state index is 12.0. The van der Waals surface area contributed by atoms with Gasteiger partial charge < -0.3 is 0 Å². The highest BCUT2D eigenvalue weighted by molar-refractivity contribution is 8.18. The molecule has 0 spiro atoms. The van der Waals surface area contributed by atoms with Crippen LogP contribution in [0.1, 0.15) is 11.1 Å². The summed E-state index contributed by atoms with van der Waals surface area (Å²) in [6, 6.07) is 4.67. The van der Waals surface area contributed by atoms with Crippen molar-refractivity contribution in [2.45, 2.75) is 6.92 Å². The Bertz CT molecular complexity index is 682. The molecule has 1 saturated heterocycles. The monoisotopic (exact) mass is 304 g/mol. The number of hydrogen-bond donors (Lipinski definition) is 0. The van der Waals surface area contributed by atoms with Crippen molar-refractivity contribution in [3.63, 3.8) is 0 Å². The highest BCUT2D eigenvalue weighted by Crippen LogP contribution is 2.32. The van der Waals surface area contributed by atoms with Crippen LogP contribution in [-0.2, 0) is 4.79 Å². The van der Waals surface area contributed by atoms with Gasteiger partial charge in [0.05, 0.1) is 9.83 Å². The molecule has 0 aliphatic carbocycles. The maximum atomic E-state index is 12.0. The molecule has 0 atom stereocenters. The van der Waals surface area contributed by atoms with Crippen molar-refractivity contribution in [1.29, 1.82) is 0 Å². The van der Waals surface area contributed by atoms with Crippen LogP contribution < -0.4 is 0 Å². The molecule has 1 heterocycles. The molecular formula is C14H12N2O4S. The lowest BCUT2D eigenvalue weighted by Gasteiger charge is -2.07. The second kappa shape index (κ2) is 5.92. The third-order valence-corrected chi connectivity index (χ3v) is 3.82. The number of carbonyl (C=O) groups is 2. The van der Waals surface area contributed by atoms with Gasteiger partial charge in [-0.25, -0.2) is 0 Å². The number of nitrogens with zero attached hydrogens (tertiary/aromatic N) is 2. The largest absolute Gasteiger partial charge is 0.293 e. The first-order chi connectivity index (χ1) is 9.93. The molecule has 2 rings (SSSR count). The summed E-state index contributed by atoms with van der Waals surface area (Å²) in [6.45, 7) is 5.28. The van der Waals surface area contributed by atoms with Crippen molar-refractivity contribution >= 4 is 34.7 Å². The Morgan fingerprint density at radius 1 is 1.43 bits per heavy atom. The average molecular weight is 304 g/mol. The fourth-order valence-electron chi connectivity index (χ4n) is 1.85. The highest BCUT2D eigenvalue weighted by Gasteiger charge is 2.34. The zero-order valence-corrected chi connectivity index (χ0v) is 12.1. The van der Waals surface area contributed by atoms with Crippen LogP contribution >= 0.6 is 11.8 Å². The van der Waals surface area contributed by atoms with E-state index >= 15 is 0 Å². The zero-order chi connectivity index (χ0) is 15.6. The number of rotatable bonds is 4. The Balaban J connectivity index is 2.35. The van der Waals surface area contributed by atoms with Crippen molar-refractivity contribution in [1.82, 2.24) is 4.90 Å². The summed E-state index contributed by atoms with van der Waals surface area (Å²) >= 11 is 0.816. The Kier molecular flexibility index (Phi) is 4.23. The van der Waals surface area contributed by atoms with E-state index in [9.17, 15) is 19.7 Å². The first kappa shape index (κ1) is 15.0. The molecule has 2 amide bonds. The predicted octanol–water partition coefficient (Wildman–Crippen LogP) is 3.13. The minimum absolute atomic E-state index is 0.0194. The number of nitro groups is 1. The van der Waals surface area contributed by atoms with Crippen LogP contribution in [0.2, 0.25) is 0 Å². The van der Waals surface area contributed by atoms with Crippen LogP contribution in [0.5, 0.6) is 0 Å². The minimum atomic E-state index is -0.476. The third-order valence-electron chi connectivity index (χ3n) is 2.91. The Hall–Kier alpha value is -2.41. The molecule has 21 heavy (non-hydrogen) atoms. The molecule has 1 aliphatic heterocycles. The smallest absolute Gasteiger partial charge is 0.268 e. The zero-order valence-electron chi connectivity index (χ0n) is 11.2. The van der Waals surface area contributed by atoms with Gasteiger partial charge in [0.1, 0.15) is 0 Å². The summed E-state index contributed by atoms with van der Waals surface area (Å²) in [4.78, 5) is 35.5. The number of carbonyl (C=O) groups excluding carboxylic acids is 2. The summed E-state index contributed by atoms with van der Waals surface area (Å²) in [6.07, 6.45) is 2.95. The summed E-state index contributed by atoms with van der Waals surface area (Å²) in [5, 5.41) is 10.5. The summed E-state index contributed by atoms with van der Waals surface area (Å²) < 4.78 is 0. The van der Waals surface area contributed by atoms with E-state index in [4.69, 9.17) is 0 Å². The first-order valence-corrected chi connectivity index (χ1v) is 6.87. The van der Waals surface area contributed by atoms with Crippen molar-refractivity contribution < 1.29 is 14.5 Å². The van der Waals surface area contributed by atoms with Gasteiger partial charge >= 0.3 is 0 Å². The molecule has 0 unspecified atom stereocenters. The topological polar surface area (TPSA) is 80.5 Å². The van der Waals surface area contributed by atoms with Gasteiger partial charge in [-0.15, -0.1) is 6.58 Å². The predicted molar refractivity (Wildman–Crippen MR) is 80.7 cm³/mol. The Morgan fingerprint density at radius 2 is 2.14 bits per heavy atom. The number of hydrogen-bond acceptors (Lipinski definition) is 5. The number of benzene rings is 1. The van der Waals surface area contributed by atoms with Gasteiger partial charge in [0.15, 0.2) is 0 Å². The molecule has 0 aromatic heterocycles. The number of imide groups is 1. The fraction of sp³-hybridized carbons (Fsp3) is 0.143. The summed E-state index contributed by atoms with van der Waals surface area (Å²) in [5.74, 6) is -0.409. The number of nitro benzene ring substituents is 1. The van der Waals surface area contributed by atoms with Gasteiger partial charge in [-0.05, 0) is 30.3 Å². The van der Waals surface area contributed by atoms with E-state index in [0.717, 1.165) is 16.7 Å². The average Bonchev–Trinajstić information content (AvgIpc) is 2.69. The van der Waals surface area contributed by atoms with Gasteiger partial charge in [-0.2, -0.15) is 0 Å². The van der Waals surface area contributed by atoms with E-state index in [1.165, 1.54) is 18.2 Å². The molecule has 1 aromatic rings. The molecular weight excluding hydrogens is 292 g/mol. The molecule has 1 aliphatic rings. The van der Waals surface area contributed by atoms with Crippen LogP contribution in [0, 0.1) is 17.0 Å². The van der Waals surface area contributed by atoms with Crippen molar-refractivity contribution in [2.75, 3.05) is 6.54 Å². The van der Waals surface area contributed by atoms with E-state index in [1.807, 2.05) is 0 Å². The van der Waals surface area contributed by atoms with Gasteiger partial charge in [0.25, 0.3) is 16.8 Å².